The van der Waals surface area contributed by atoms with Crippen molar-refractivity contribution in [1.82, 2.24) is 20.9 Å². The minimum Gasteiger partial charge on any atom is -0.322 e. The standard InChI is InChI=1S/C20H26N4O3/c1-12-9-21-7-6-16(12)22-10-13-2-3-14-11-24(20(27)15(14)8-13)17-4-5-18(25)23-19(17)26/h2-3,8,12,16-17,21-22H,4-7,9-11H2,1H3,(H,23,25,26). The molecule has 3 atom stereocenters. The van der Waals surface area contributed by atoms with Gasteiger partial charge in [-0.05, 0) is 49.0 Å². The number of amides is 3. The Balaban J connectivity index is 1.43. The van der Waals surface area contributed by atoms with Crippen molar-refractivity contribution in [3.63, 3.8) is 0 Å². The number of benzene rings is 1. The smallest absolute Gasteiger partial charge is 0.255 e. The fraction of sp³-hybridized carbons (Fsp3) is 0.550. The molecule has 7 heteroatoms. The summed E-state index contributed by atoms with van der Waals surface area (Å²) in [6, 6.07) is 5.92. The van der Waals surface area contributed by atoms with Crippen LogP contribution in [0.2, 0.25) is 0 Å². The van der Waals surface area contributed by atoms with Crippen molar-refractivity contribution in [2.24, 2.45) is 5.92 Å². The zero-order valence-corrected chi connectivity index (χ0v) is 15.6. The van der Waals surface area contributed by atoms with Gasteiger partial charge in [0.1, 0.15) is 6.04 Å². The van der Waals surface area contributed by atoms with E-state index in [1.165, 1.54) is 0 Å². The maximum Gasteiger partial charge on any atom is 0.255 e. The zero-order chi connectivity index (χ0) is 19.0. The Kier molecular flexibility index (Phi) is 4.97. The first-order chi connectivity index (χ1) is 13.0. The third-order valence-electron chi connectivity index (χ3n) is 5.95. The third kappa shape index (κ3) is 3.61. The molecule has 2 fully saturated rings. The number of rotatable bonds is 4. The Labute approximate surface area is 158 Å². The van der Waals surface area contributed by atoms with Crippen LogP contribution < -0.4 is 16.0 Å². The van der Waals surface area contributed by atoms with Crippen LogP contribution in [0.5, 0.6) is 0 Å². The highest BCUT2D eigenvalue weighted by Gasteiger charge is 2.39. The highest BCUT2D eigenvalue weighted by molar-refractivity contribution is 6.05. The van der Waals surface area contributed by atoms with Crippen molar-refractivity contribution in [2.45, 2.75) is 51.4 Å². The molecule has 3 unspecified atom stereocenters. The van der Waals surface area contributed by atoms with Gasteiger partial charge in [0.2, 0.25) is 11.8 Å². The average molecular weight is 370 g/mol. The molecule has 144 valence electrons. The minimum atomic E-state index is -0.556. The summed E-state index contributed by atoms with van der Waals surface area (Å²) in [7, 11) is 0. The predicted octanol–water partition coefficient (Wildman–Crippen LogP) is 0.535. The summed E-state index contributed by atoms with van der Waals surface area (Å²) in [6.45, 7) is 5.47. The number of carbonyl (C=O) groups is 3. The van der Waals surface area contributed by atoms with Crippen molar-refractivity contribution >= 4 is 17.7 Å². The van der Waals surface area contributed by atoms with Crippen molar-refractivity contribution < 1.29 is 14.4 Å². The van der Waals surface area contributed by atoms with Gasteiger partial charge in [-0.1, -0.05) is 19.1 Å². The van der Waals surface area contributed by atoms with Crippen LogP contribution in [0.3, 0.4) is 0 Å². The van der Waals surface area contributed by atoms with Crippen LogP contribution in [0.25, 0.3) is 0 Å². The lowest BCUT2D eigenvalue weighted by atomic mass is 9.95. The van der Waals surface area contributed by atoms with E-state index < -0.39 is 6.04 Å². The van der Waals surface area contributed by atoms with Gasteiger partial charge in [-0.3, -0.25) is 19.7 Å². The number of hydrogen-bond donors (Lipinski definition) is 3. The fourth-order valence-corrected chi connectivity index (χ4v) is 4.28. The molecule has 1 aromatic rings. The summed E-state index contributed by atoms with van der Waals surface area (Å²) in [5.74, 6) is -0.162. The van der Waals surface area contributed by atoms with Gasteiger partial charge in [0, 0.05) is 31.1 Å². The Morgan fingerprint density at radius 2 is 2.07 bits per heavy atom. The van der Waals surface area contributed by atoms with Crippen LogP contribution in [0.1, 0.15) is 47.7 Å². The maximum absolute atomic E-state index is 12.9. The van der Waals surface area contributed by atoms with Crippen molar-refractivity contribution in [2.75, 3.05) is 13.1 Å². The van der Waals surface area contributed by atoms with Crippen LogP contribution in [0, 0.1) is 5.92 Å². The first-order valence-electron chi connectivity index (χ1n) is 9.73. The van der Waals surface area contributed by atoms with E-state index in [4.69, 9.17) is 0 Å². The number of nitrogens with one attached hydrogen (secondary N) is 3. The van der Waals surface area contributed by atoms with Gasteiger partial charge in [0.05, 0.1) is 0 Å². The quantitative estimate of drug-likeness (QED) is 0.673. The monoisotopic (exact) mass is 370 g/mol. The van der Waals surface area contributed by atoms with E-state index in [9.17, 15) is 14.4 Å². The van der Waals surface area contributed by atoms with Gasteiger partial charge in [0.25, 0.3) is 5.91 Å². The Morgan fingerprint density at radius 3 is 2.85 bits per heavy atom. The Hall–Kier alpha value is -2.25. The number of hydrogen-bond acceptors (Lipinski definition) is 5. The van der Waals surface area contributed by atoms with E-state index in [0.717, 1.165) is 37.2 Å². The SMILES string of the molecule is CC1CNCCC1NCc1ccc2c(c1)C(=O)N(C1CCC(=O)NC1=O)C2. The van der Waals surface area contributed by atoms with Gasteiger partial charge in [-0.15, -0.1) is 0 Å². The number of imide groups is 1. The van der Waals surface area contributed by atoms with Crippen LogP contribution >= 0.6 is 0 Å². The number of piperidine rings is 2. The summed E-state index contributed by atoms with van der Waals surface area (Å²) >= 11 is 0. The van der Waals surface area contributed by atoms with E-state index in [0.29, 0.717) is 30.5 Å². The Morgan fingerprint density at radius 1 is 1.22 bits per heavy atom. The molecule has 0 aromatic heterocycles. The summed E-state index contributed by atoms with van der Waals surface area (Å²) in [5.41, 5.74) is 2.71. The van der Waals surface area contributed by atoms with Crippen LogP contribution in [-0.4, -0.2) is 47.8 Å². The van der Waals surface area contributed by atoms with E-state index in [1.807, 2.05) is 12.1 Å². The van der Waals surface area contributed by atoms with E-state index >= 15 is 0 Å². The molecule has 0 saturated carbocycles. The second kappa shape index (κ2) is 7.40. The molecule has 3 aliphatic heterocycles. The molecule has 0 aliphatic carbocycles. The lowest BCUT2D eigenvalue weighted by Crippen LogP contribution is -2.52. The van der Waals surface area contributed by atoms with Crippen molar-refractivity contribution in [3.05, 3.63) is 34.9 Å². The number of fused-ring (bicyclic) bond motifs is 1. The summed E-state index contributed by atoms with van der Waals surface area (Å²) in [4.78, 5) is 37.9. The molecule has 4 rings (SSSR count). The van der Waals surface area contributed by atoms with Crippen LogP contribution in [-0.2, 0) is 22.7 Å². The minimum absolute atomic E-state index is 0.114. The average Bonchev–Trinajstić information content (AvgIpc) is 2.97. The normalized spacial score (nSPS) is 28.3. The predicted molar refractivity (Wildman–Crippen MR) is 99.8 cm³/mol. The van der Waals surface area contributed by atoms with Crippen molar-refractivity contribution in [1.29, 1.82) is 0 Å². The maximum atomic E-state index is 12.9. The van der Waals surface area contributed by atoms with Gasteiger partial charge >= 0.3 is 0 Å². The van der Waals surface area contributed by atoms with Gasteiger partial charge in [-0.2, -0.15) is 0 Å². The molecule has 3 amide bonds. The zero-order valence-electron chi connectivity index (χ0n) is 15.6. The summed E-state index contributed by atoms with van der Waals surface area (Å²) in [6.07, 6.45) is 1.78. The first kappa shape index (κ1) is 18.1. The lowest BCUT2D eigenvalue weighted by molar-refractivity contribution is -0.136. The molecule has 0 bridgehead atoms. The number of carbonyl (C=O) groups excluding carboxylic acids is 3. The van der Waals surface area contributed by atoms with E-state index in [1.54, 1.807) is 4.90 Å². The highest BCUT2D eigenvalue weighted by atomic mass is 16.2. The second-order valence-corrected chi connectivity index (χ2v) is 7.85. The second-order valence-electron chi connectivity index (χ2n) is 7.85. The van der Waals surface area contributed by atoms with Crippen molar-refractivity contribution in [3.8, 4) is 0 Å². The molecule has 2 saturated heterocycles. The lowest BCUT2D eigenvalue weighted by Gasteiger charge is -2.30. The summed E-state index contributed by atoms with van der Waals surface area (Å²) < 4.78 is 0. The third-order valence-corrected chi connectivity index (χ3v) is 5.95. The molecule has 3 N–H and O–H groups in total. The van der Waals surface area contributed by atoms with Gasteiger partial charge in [-0.25, -0.2) is 0 Å². The largest absolute Gasteiger partial charge is 0.322 e. The highest BCUT2D eigenvalue weighted by Crippen LogP contribution is 2.28. The fourth-order valence-electron chi connectivity index (χ4n) is 4.28. The Bertz CT molecular complexity index is 778. The first-order valence-corrected chi connectivity index (χ1v) is 9.73. The molecule has 27 heavy (non-hydrogen) atoms. The van der Waals surface area contributed by atoms with Gasteiger partial charge < -0.3 is 15.5 Å². The molecular formula is C20H26N4O3. The molecule has 7 nitrogen and oxygen atoms in total. The van der Waals surface area contributed by atoms with Gasteiger partial charge in [0.15, 0.2) is 0 Å². The van der Waals surface area contributed by atoms with Crippen LogP contribution in [0.4, 0.5) is 0 Å². The summed E-state index contributed by atoms with van der Waals surface area (Å²) in [5, 5.41) is 9.35. The molecule has 0 radical (unpaired) electrons. The van der Waals surface area contributed by atoms with E-state index in [-0.39, 0.29) is 24.1 Å². The molecule has 0 spiro atoms. The van der Waals surface area contributed by atoms with Crippen LogP contribution in [0.15, 0.2) is 18.2 Å². The van der Waals surface area contributed by atoms with E-state index in [2.05, 4.69) is 28.9 Å². The number of nitrogens with zero attached hydrogens (tertiary/aromatic N) is 1. The molecule has 3 aliphatic rings. The molecule has 1 aromatic carbocycles. The molecule has 3 heterocycles. The topological polar surface area (TPSA) is 90.5 Å². The molecular weight excluding hydrogens is 344 g/mol.